The quantitative estimate of drug-likeness (QED) is 0.652. The number of alkyl carbamates (subject to hydrolysis) is 1. The van der Waals surface area contributed by atoms with E-state index in [0.29, 0.717) is 37.6 Å². The second-order valence-corrected chi connectivity index (χ2v) is 6.42. The van der Waals surface area contributed by atoms with Crippen molar-refractivity contribution in [3.05, 3.63) is 0 Å². The van der Waals surface area contributed by atoms with Crippen molar-refractivity contribution in [1.82, 2.24) is 5.32 Å². The lowest BCUT2D eigenvalue weighted by Crippen LogP contribution is -2.30. The van der Waals surface area contributed by atoms with Crippen LogP contribution in [0, 0.1) is 0 Å². The Balaban J connectivity index is 1.84. The molecule has 1 N–H and O–H groups in total. The number of amides is 1. The van der Waals surface area contributed by atoms with E-state index in [2.05, 4.69) is 5.32 Å². The van der Waals surface area contributed by atoms with Gasteiger partial charge in [-0.3, -0.25) is 0 Å². The highest BCUT2D eigenvalue weighted by Crippen LogP contribution is 2.30. The molecule has 0 saturated carbocycles. The first-order valence-electron chi connectivity index (χ1n) is 6.12. The summed E-state index contributed by atoms with van der Waals surface area (Å²) in [6, 6.07) is 0. The minimum atomic E-state index is -0.364. The molecular weight excluding hydrogens is 274 g/mol. The molecule has 0 aromatic rings. The fourth-order valence-electron chi connectivity index (χ4n) is 1.30. The van der Waals surface area contributed by atoms with Crippen molar-refractivity contribution in [3.8, 4) is 0 Å². The zero-order valence-corrected chi connectivity index (χ0v) is 12.3. The van der Waals surface area contributed by atoms with Gasteiger partial charge in [0.15, 0.2) is 0 Å². The fraction of sp³-hybridized carbons (Fsp3) is 0.909. The minimum absolute atomic E-state index is 0.281. The zero-order chi connectivity index (χ0) is 13.1. The van der Waals surface area contributed by atoms with E-state index in [0.717, 1.165) is 0 Å². The van der Waals surface area contributed by atoms with Crippen LogP contribution in [0.3, 0.4) is 0 Å². The molecule has 0 unspecified atom stereocenters. The van der Waals surface area contributed by atoms with E-state index < -0.39 is 0 Å². The molecule has 1 amide bonds. The van der Waals surface area contributed by atoms with Crippen molar-refractivity contribution in [1.29, 1.82) is 0 Å². The summed E-state index contributed by atoms with van der Waals surface area (Å²) in [4.78, 5) is 11.3. The predicted octanol–water partition coefficient (Wildman–Crippen LogP) is 1.57. The van der Waals surface area contributed by atoms with Crippen LogP contribution < -0.4 is 5.32 Å². The maximum Gasteiger partial charge on any atom is 0.407 e. The van der Waals surface area contributed by atoms with Crippen LogP contribution >= 0.6 is 23.5 Å². The van der Waals surface area contributed by atoms with Gasteiger partial charge in [-0.1, -0.05) is 0 Å². The fourth-order valence-corrected chi connectivity index (χ4v) is 3.96. The van der Waals surface area contributed by atoms with E-state index in [1.54, 1.807) is 0 Å². The molecule has 5 nitrogen and oxygen atoms in total. The lowest BCUT2D eigenvalue weighted by molar-refractivity contribution is 0.0315. The largest absolute Gasteiger partial charge is 0.447 e. The molecule has 0 radical (unpaired) electrons. The van der Waals surface area contributed by atoms with Crippen LogP contribution in [0.15, 0.2) is 0 Å². The standard InChI is InChI=1S/C11H21NO4S2/c1-2-14-3-4-15-5-6-16-11(13)12-9-10-17-7-8-18-10/h10H,2-9H2,1H3,(H,12,13). The Bertz CT molecular complexity index is 225. The lowest BCUT2D eigenvalue weighted by atomic mass is 10.7. The Hall–Kier alpha value is -0.110. The molecule has 1 saturated heterocycles. The van der Waals surface area contributed by atoms with Gasteiger partial charge in [0.2, 0.25) is 0 Å². The second-order valence-electron chi connectivity index (χ2n) is 3.50. The summed E-state index contributed by atoms with van der Waals surface area (Å²) in [6.07, 6.45) is -0.364. The Labute approximate surface area is 117 Å². The van der Waals surface area contributed by atoms with Gasteiger partial charge >= 0.3 is 6.09 Å². The van der Waals surface area contributed by atoms with E-state index in [1.165, 1.54) is 11.5 Å². The first-order valence-corrected chi connectivity index (χ1v) is 8.22. The molecule has 1 heterocycles. The van der Waals surface area contributed by atoms with Gasteiger partial charge in [0.05, 0.1) is 24.4 Å². The van der Waals surface area contributed by atoms with E-state index in [1.807, 2.05) is 30.4 Å². The van der Waals surface area contributed by atoms with Crippen LogP contribution in [-0.4, -0.2) is 61.8 Å². The number of carbonyl (C=O) groups excluding carboxylic acids is 1. The van der Waals surface area contributed by atoms with Crippen LogP contribution in [0.2, 0.25) is 0 Å². The smallest absolute Gasteiger partial charge is 0.407 e. The third-order valence-electron chi connectivity index (χ3n) is 2.14. The monoisotopic (exact) mass is 295 g/mol. The summed E-state index contributed by atoms with van der Waals surface area (Å²) in [7, 11) is 0. The Morgan fingerprint density at radius 2 is 1.83 bits per heavy atom. The topological polar surface area (TPSA) is 56.8 Å². The molecule has 0 aliphatic carbocycles. The summed E-state index contributed by atoms with van der Waals surface area (Å²) in [5.41, 5.74) is 0. The Kier molecular flexibility index (Phi) is 9.55. The average Bonchev–Trinajstić information content (AvgIpc) is 2.88. The summed E-state index contributed by atoms with van der Waals surface area (Å²) < 4.78 is 15.8. The summed E-state index contributed by atoms with van der Waals surface area (Å²) in [6.45, 7) is 5.11. The van der Waals surface area contributed by atoms with E-state index in [4.69, 9.17) is 14.2 Å². The van der Waals surface area contributed by atoms with Crippen molar-refractivity contribution in [2.75, 3.05) is 51.1 Å². The van der Waals surface area contributed by atoms with Gasteiger partial charge in [-0.25, -0.2) is 4.79 Å². The minimum Gasteiger partial charge on any atom is -0.447 e. The summed E-state index contributed by atoms with van der Waals surface area (Å²) >= 11 is 3.76. The molecule has 0 atom stereocenters. The van der Waals surface area contributed by atoms with E-state index in [-0.39, 0.29) is 12.7 Å². The van der Waals surface area contributed by atoms with E-state index in [9.17, 15) is 4.79 Å². The van der Waals surface area contributed by atoms with Gasteiger partial charge in [-0.05, 0) is 6.92 Å². The van der Waals surface area contributed by atoms with Gasteiger partial charge in [0.1, 0.15) is 6.61 Å². The van der Waals surface area contributed by atoms with Gasteiger partial charge in [-0.2, -0.15) is 0 Å². The van der Waals surface area contributed by atoms with Crippen LogP contribution in [0.1, 0.15) is 6.92 Å². The van der Waals surface area contributed by atoms with Crippen LogP contribution in [0.5, 0.6) is 0 Å². The predicted molar refractivity (Wildman–Crippen MR) is 75.4 cm³/mol. The third-order valence-corrected chi connectivity index (χ3v) is 5.17. The molecule has 0 bridgehead atoms. The molecule has 1 fully saturated rings. The highest BCUT2D eigenvalue weighted by Gasteiger charge is 2.16. The zero-order valence-electron chi connectivity index (χ0n) is 10.7. The second kappa shape index (κ2) is 10.8. The molecule has 1 rings (SSSR count). The van der Waals surface area contributed by atoms with Crippen molar-refractivity contribution in [2.24, 2.45) is 0 Å². The summed E-state index contributed by atoms with van der Waals surface area (Å²) in [5.74, 6) is 2.33. The SMILES string of the molecule is CCOCCOCCOC(=O)NCC1SCCS1. The molecule has 1 aliphatic heterocycles. The van der Waals surface area contributed by atoms with Crippen LogP contribution in [0.25, 0.3) is 0 Å². The van der Waals surface area contributed by atoms with Crippen LogP contribution in [-0.2, 0) is 14.2 Å². The number of hydrogen-bond acceptors (Lipinski definition) is 6. The first-order chi connectivity index (χ1) is 8.83. The lowest BCUT2D eigenvalue weighted by Gasteiger charge is -2.10. The van der Waals surface area contributed by atoms with Crippen molar-refractivity contribution in [2.45, 2.75) is 11.5 Å². The number of hydrogen-bond donors (Lipinski definition) is 1. The number of thioether (sulfide) groups is 2. The maximum atomic E-state index is 11.3. The Morgan fingerprint density at radius 3 is 2.56 bits per heavy atom. The first kappa shape index (κ1) is 15.9. The maximum absolute atomic E-state index is 11.3. The number of carbonyl (C=O) groups is 1. The van der Waals surface area contributed by atoms with Gasteiger partial charge in [0, 0.05) is 24.7 Å². The molecule has 0 aromatic heterocycles. The molecule has 18 heavy (non-hydrogen) atoms. The molecule has 7 heteroatoms. The molecule has 0 aromatic carbocycles. The highest BCUT2D eigenvalue weighted by molar-refractivity contribution is 8.20. The Morgan fingerprint density at radius 1 is 1.17 bits per heavy atom. The van der Waals surface area contributed by atoms with Crippen LogP contribution in [0.4, 0.5) is 4.79 Å². The number of rotatable bonds is 9. The van der Waals surface area contributed by atoms with Crippen molar-refractivity contribution < 1.29 is 19.0 Å². The third kappa shape index (κ3) is 8.07. The van der Waals surface area contributed by atoms with Gasteiger partial charge in [0.25, 0.3) is 0 Å². The molecular formula is C11H21NO4S2. The molecule has 0 spiro atoms. The van der Waals surface area contributed by atoms with Crippen molar-refractivity contribution >= 4 is 29.6 Å². The normalized spacial score (nSPS) is 15.8. The number of ether oxygens (including phenoxy) is 3. The van der Waals surface area contributed by atoms with Gasteiger partial charge < -0.3 is 19.5 Å². The molecule has 1 aliphatic rings. The van der Waals surface area contributed by atoms with E-state index >= 15 is 0 Å². The molecule has 106 valence electrons. The average molecular weight is 295 g/mol. The highest BCUT2D eigenvalue weighted by atomic mass is 32.2. The number of nitrogens with one attached hydrogen (secondary N) is 1. The summed E-state index contributed by atoms with van der Waals surface area (Å²) in [5, 5.41) is 2.75. The van der Waals surface area contributed by atoms with Crippen molar-refractivity contribution in [3.63, 3.8) is 0 Å². The van der Waals surface area contributed by atoms with Gasteiger partial charge in [-0.15, -0.1) is 23.5 Å².